The SMILES string of the molecule is CC(C)c1ccccc1-c1nc2c(c(NCc3ccc(-c4nc(C(F)(F)F)cn4C)cc3)n1)C(=O)N(CC1CO1)CC2. The average molecular weight is 577 g/mol. The minimum Gasteiger partial charge on any atom is -0.371 e. The van der Waals surface area contributed by atoms with Gasteiger partial charge >= 0.3 is 6.18 Å². The van der Waals surface area contributed by atoms with E-state index in [9.17, 15) is 18.0 Å². The number of amides is 1. The van der Waals surface area contributed by atoms with Crippen LogP contribution in [0.25, 0.3) is 22.8 Å². The molecule has 0 bridgehead atoms. The van der Waals surface area contributed by atoms with E-state index in [1.54, 1.807) is 17.0 Å². The lowest BCUT2D eigenvalue weighted by Crippen LogP contribution is -2.41. The molecule has 1 amide bonds. The van der Waals surface area contributed by atoms with Crippen molar-refractivity contribution in [1.82, 2.24) is 24.4 Å². The number of hydrogen-bond donors (Lipinski definition) is 1. The molecule has 1 atom stereocenters. The van der Waals surface area contributed by atoms with Crippen molar-refractivity contribution >= 4 is 11.7 Å². The van der Waals surface area contributed by atoms with Gasteiger partial charge < -0.3 is 19.5 Å². The number of carbonyl (C=O) groups excluding carboxylic acids is 1. The first-order valence-corrected chi connectivity index (χ1v) is 13.9. The van der Waals surface area contributed by atoms with Crippen LogP contribution in [-0.4, -0.2) is 56.1 Å². The van der Waals surface area contributed by atoms with Crippen molar-refractivity contribution in [3.63, 3.8) is 0 Å². The summed E-state index contributed by atoms with van der Waals surface area (Å²) in [6.45, 7) is 6.36. The molecule has 0 aliphatic carbocycles. The maximum absolute atomic E-state index is 13.6. The molecule has 2 aliphatic rings. The number of aromatic nitrogens is 4. The predicted octanol–water partition coefficient (Wildman–Crippen LogP) is 5.70. The van der Waals surface area contributed by atoms with Crippen molar-refractivity contribution in [3.8, 4) is 22.8 Å². The minimum absolute atomic E-state index is 0.0782. The van der Waals surface area contributed by atoms with Crippen molar-refractivity contribution in [2.75, 3.05) is 25.0 Å². The molecule has 0 spiro atoms. The molecule has 0 saturated carbocycles. The number of anilines is 1. The number of hydrogen-bond acceptors (Lipinski definition) is 6. The summed E-state index contributed by atoms with van der Waals surface area (Å²) in [5.41, 5.74) is 3.74. The van der Waals surface area contributed by atoms with Gasteiger partial charge in [0.25, 0.3) is 5.91 Å². The maximum Gasteiger partial charge on any atom is 0.434 e. The Bertz CT molecular complexity index is 1630. The Morgan fingerprint density at radius 1 is 1.07 bits per heavy atom. The van der Waals surface area contributed by atoms with Crippen LogP contribution in [0, 0.1) is 0 Å². The molecule has 6 rings (SSSR count). The molecule has 2 aliphatic heterocycles. The van der Waals surface area contributed by atoms with Crippen LogP contribution in [0.15, 0.2) is 54.7 Å². The third-order valence-corrected chi connectivity index (χ3v) is 7.59. The smallest absolute Gasteiger partial charge is 0.371 e. The van der Waals surface area contributed by atoms with Gasteiger partial charge in [0.15, 0.2) is 11.5 Å². The van der Waals surface area contributed by atoms with Gasteiger partial charge in [-0.3, -0.25) is 4.79 Å². The van der Waals surface area contributed by atoms with E-state index in [1.807, 2.05) is 30.3 Å². The van der Waals surface area contributed by atoms with E-state index >= 15 is 0 Å². The van der Waals surface area contributed by atoms with Crippen LogP contribution in [0.4, 0.5) is 19.0 Å². The lowest BCUT2D eigenvalue weighted by atomic mass is 9.96. The molecule has 8 nitrogen and oxygen atoms in total. The highest BCUT2D eigenvalue weighted by Crippen LogP contribution is 2.33. The van der Waals surface area contributed by atoms with Crippen molar-refractivity contribution in [3.05, 3.63) is 82.8 Å². The Balaban J connectivity index is 1.30. The molecule has 11 heteroatoms. The van der Waals surface area contributed by atoms with Crippen molar-refractivity contribution in [2.45, 2.75) is 45.0 Å². The summed E-state index contributed by atoms with van der Waals surface area (Å²) in [4.78, 5) is 28.9. The van der Waals surface area contributed by atoms with Gasteiger partial charge in [-0.1, -0.05) is 62.4 Å². The van der Waals surface area contributed by atoms with Gasteiger partial charge in [0.05, 0.1) is 18.4 Å². The van der Waals surface area contributed by atoms with E-state index in [2.05, 4.69) is 30.2 Å². The summed E-state index contributed by atoms with van der Waals surface area (Å²) in [7, 11) is 1.54. The Morgan fingerprint density at radius 3 is 2.48 bits per heavy atom. The van der Waals surface area contributed by atoms with Gasteiger partial charge in [0.1, 0.15) is 17.2 Å². The Labute approximate surface area is 241 Å². The fraction of sp³-hybridized carbons (Fsp3) is 0.355. The molecular formula is C31H31F3N6O2. The molecule has 4 aromatic rings. The van der Waals surface area contributed by atoms with Crippen molar-refractivity contribution in [1.29, 1.82) is 0 Å². The van der Waals surface area contributed by atoms with E-state index < -0.39 is 11.9 Å². The van der Waals surface area contributed by atoms with Crippen molar-refractivity contribution in [2.24, 2.45) is 7.05 Å². The number of halogens is 3. The van der Waals surface area contributed by atoms with Crippen molar-refractivity contribution < 1.29 is 22.7 Å². The number of nitrogens with one attached hydrogen (secondary N) is 1. The summed E-state index contributed by atoms with van der Waals surface area (Å²) in [6.07, 6.45) is -2.84. The van der Waals surface area contributed by atoms with E-state index in [-0.39, 0.29) is 23.8 Å². The molecule has 1 saturated heterocycles. The quantitative estimate of drug-likeness (QED) is 0.271. The molecule has 4 heterocycles. The maximum atomic E-state index is 13.6. The number of rotatable bonds is 8. The van der Waals surface area contributed by atoms with Crippen LogP contribution in [-0.2, 0) is 30.9 Å². The number of imidazole rings is 1. The number of alkyl halides is 3. The standard InChI is InChI=1S/C31H31F3N6O2/c1-18(2)22-6-4-5-7-23(22)27-36-24-12-13-40(15-21-17-42-21)30(41)26(24)28(38-27)35-14-19-8-10-20(11-9-19)29-37-25(16-39(29)3)31(32,33)34/h4-11,16,18,21H,12-15,17H2,1-3H3,(H,35,36,38). The van der Waals surface area contributed by atoms with Gasteiger partial charge in [-0.25, -0.2) is 15.0 Å². The molecule has 2 aromatic heterocycles. The summed E-state index contributed by atoms with van der Waals surface area (Å²) in [5.74, 6) is 1.40. The van der Waals surface area contributed by atoms with Crippen LogP contribution in [0.3, 0.4) is 0 Å². The predicted molar refractivity (Wildman–Crippen MR) is 152 cm³/mol. The van der Waals surface area contributed by atoms with E-state index in [0.717, 1.165) is 22.9 Å². The topological polar surface area (TPSA) is 88.5 Å². The second kappa shape index (κ2) is 10.9. The lowest BCUT2D eigenvalue weighted by Gasteiger charge is -2.29. The minimum atomic E-state index is -4.51. The molecule has 1 N–H and O–H groups in total. The number of aryl methyl sites for hydroxylation is 1. The normalized spacial score (nSPS) is 16.6. The molecular weight excluding hydrogens is 545 g/mol. The Morgan fingerprint density at radius 2 is 1.81 bits per heavy atom. The van der Waals surface area contributed by atoms with E-state index in [4.69, 9.17) is 14.7 Å². The third-order valence-electron chi connectivity index (χ3n) is 7.59. The molecule has 1 unspecified atom stereocenters. The second-order valence-electron chi connectivity index (χ2n) is 11.0. The molecule has 1 fully saturated rings. The van der Waals surface area contributed by atoms with Gasteiger partial charge in [-0.15, -0.1) is 0 Å². The van der Waals surface area contributed by atoms with Crippen LogP contribution in [0.5, 0.6) is 0 Å². The summed E-state index contributed by atoms with van der Waals surface area (Å²) in [5, 5.41) is 3.36. The van der Waals surface area contributed by atoms with Crippen LogP contribution < -0.4 is 5.32 Å². The Kier molecular flexibility index (Phi) is 7.22. The fourth-order valence-electron chi connectivity index (χ4n) is 5.29. The zero-order valence-corrected chi connectivity index (χ0v) is 23.6. The van der Waals surface area contributed by atoms with Crippen LogP contribution >= 0.6 is 0 Å². The molecule has 0 radical (unpaired) electrons. The highest BCUT2D eigenvalue weighted by molar-refractivity contribution is 6.01. The zero-order chi connectivity index (χ0) is 29.6. The third kappa shape index (κ3) is 5.61. The number of fused-ring (bicyclic) bond motifs is 1. The van der Waals surface area contributed by atoms with Crippen LogP contribution in [0.2, 0.25) is 0 Å². The number of epoxide rings is 1. The highest BCUT2D eigenvalue weighted by Gasteiger charge is 2.36. The molecule has 218 valence electrons. The Hall–Kier alpha value is -4.25. The summed E-state index contributed by atoms with van der Waals surface area (Å²) in [6, 6.07) is 15.2. The van der Waals surface area contributed by atoms with Gasteiger partial charge in [-0.05, 0) is 17.0 Å². The largest absolute Gasteiger partial charge is 0.434 e. The first-order chi connectivity index (χ1) is 20.1. The number of ether oxygens (including phenoxy) is 1. The number of benzene rings is 2. The first-order valence-electron chi connectivity index (χ1n) is 13.9. The first kappa shape index (κ1) is 27.9. The number of carbonyl (C=O) groups is 1. The number of nitrogens with zero attached hydrogens (tertiary/aromatic N) is 5. The molecule has 2 aromatic carbocycles. The van der Waals surface area contributed by atoms with E-state index in [1.165, 1.54) is 11.6 Å². The second-order valence-corrected chi connectivity index (χ2v) is 11.0. The average Bonchev–Trinajstić information content (AvgIpc) is 3.70. The summed E-state index contributed by atoms with van der Waals surface area (Å²) >= 11 is 0. The van der Waals surface area contributed by atoms with Crippen LogP contribution in [0.1, 0.15) is 52.6 Å². The highest BCUT2D eigenvalue weighted by atomic mass is 19.4. The van der Waals surface area contributed by atoms with Gasteiger partial charge in [0.2, 0.25) is 0 Å². The van der Waals surface area contributed by atoms with E-state index in [0.29, 0.717) is 61.1 Å². The van der Waals surface area contributed by atoms with Gasteiger partial charge in [0, 0.05) is 50.4 Å². The zero-order valence-electron chi connectivity index (χ0n) is 23.6. The van der Waals surface area contributed by atoms with Gasteiger partial charge in [-0.2, -0.15) is 13.2 Å². The monoisotopic (exact) mass is 576 g/mol. The fourth-order valence-corrected chi connectivity index (χ4v) is 5.29. The lowest BCUT2D eigenvalue weighted by molar-refractivity contribution is -0.140. The molecule has 42 heavy (non-hydrogen) atoms. The summed E-state index contributed by atoms with van der Waals surface area (Å²) < 4.78 is 46.1.